The van der Waals surface area contributed by atoms with E-state index in [9.17, 15) is 8.42 Å². The van der Waals surface area contributed by atoms with E-state index in [0.717, 1.165) is 22.4 Å². The van der Waals surface area contributed by atoms with E-state index in [4.69, 9.17) is 0 Å². The van der Waals surface area contributed by atoms with Gasteiger partial charge in [-0.05, 0) is 44.2 Å². The Morgan fingerprint density at radius 3 is 2.57 bits per heavy atom. The second-order valence-electron chi connectivity index (χ2n) is 4.96. The predicted molar refractivity (Wildman–Crippen MR) is 81.3 cm³/mol. The first-order valence-electron chi connectivity index (χ1n) is 6.66. The molecule has 114 valence electrons. The molecular weight excluding hydrogens is 288 g/mol. The molecule has 7 heteroatoms. The van der Waals surface area contributed by atoms with Crippen LogP contribution in [0.25, 0.3) is 0 Å². The topological polar surface area (TPSA) is 86.9 Å². The molecule has 1 heterocycles. The fourth-order valence-corrected chi connectivity index (χ4v) is 3.06. The first-order valence-corrected chi connectivity index (χ1v) is 8.15. The number of H-pyrrole nitrogens is 1. The number of rotatable bonds is 6. The van der Waals surface area contributed by atoms with Crippen LogP contribution >= 0.6 is 0 Å². The van der Waals surface area contributed by atoms with Crippen molar-refractivity contribution in [2.75, 3.05) is 7.05 Å². The Hall–Kier alpha value is -1.70. The molecule has 1 aromatic heterocycles. The van der Waals surface area contributed by atoms with Crippen LogP contribution < -0.4 is 10.0 Å². The summed E-state index contributed by atoms with van der Waals surface area (Å²) in [4.78, 5) is 0.277. The molecule has 0 aliphatic rings. The molecule has 0 fully saturated rings. The third kappa shape index (κ3) is 3.69. The fraction of sp³-hybridized carbons (Fsp3) is 0.357. The van der Waals surface area contributed by atoms with Gasteiger partial charge in [0, 0.05) is 24.3 Å². The van der Waals surface area contributed by atoms with Crippen molar-refractivity contribution in [2.45, 2.75) is 31.8 Å². The van der Waals surface area contributed by atoms with Crippen LogP contribution in [0.2, 0.25) is 0 Å². The molecule has 0 radical (unpaired) electrons. The minimum atomic E-state index is -3.53. The zero-order valence-corrected chi connectivity index (χ0v) is 13.2. The summed E-state index contributed by atoms with van der Waals surface area (Å²) in [5, 5.41) is 9.70. The van der Waals surface area contributed by atoms with E-state index in [-0.39, 0.29) is 11.4 Å². The van der Waals surface area contributed by atoms with Crippen LogP contribution in [0.15, 0.2) is 29.3 Å². The van der Waals surface area contributed by atoms with E-state index in [0.29, 0.717) is 6.54 Å². The van der Waals surface area contributed by atoms with Crippen molar-refractivity contribution in [3.8, 4) is 0 Å². The second-order valence-corrected chi connectivity index (χ2v) is 6.73. The number of sulfonamides is 1. The van der Waals surface area contributed by atoms with Gasteiger partial charge in [0.25, 0.3) is 0 Å². The van der Waals surface area contributed by atoms with Crippen LogP contribution in [0.1, 0.15) is 22.4 Å². The van der Waals surface area contributed by atoms with Gasteiger partial charge in [-0.2, -0.15) is 5.10 Å². The van der Waals surface area contributed by atoms with E-state index in [1.54, 1.807) is 18.3 Å². The Kier molecular flexibility index (Phi) is 4.76. The van der Waals surface area contributed by atoms with Crippen molar-refractivity contribution in [1.82, 2.24) is 20.2 Å². The summed E-state index contributed by atoms with van der Waals surface area (Å²) < 4.78 is 27.3. The molecule has 0 aliphatic carbocycles. The smallest absolute Gasteiger partial charge is 0.240 e. The van der Waals surface area contributed by atoms with Gasteiger partial charge in [0.1, 0.15) is 0 Å². The molecule has 0 amide bonds. The quantitative estimate of drug-likeness (QED) is 0.749. The fourth-order valence-electron chi connectivity index (χ4n) is 2.01. The predicted octanol–water partition coefficient (Wildman–Crippen LogP) is 1.22. The van der Waals surface area contributed by atoms with Gasteiger partial charge in [-0.15, -0.1) is 0 Å². The monoisotopic (exact) mass is 308 g/mol. The molecule has 2 rings (SSSR count). The highest BCUT2D eigenvalue weighted by molar-refractivity contribution is 7.89. The summed E-state index contributed by atoms with van der Waals surface area (Å²) >= 11 is 0. The van der Waals surface area contributed by atoms with Crippen LogP contribution in [-0.2, 0) is 23.1 Å². The number of aromatic nitrogens is 2. The second kappa shape index (κ2) is 6.38. The maximum atomic E-state index is 12.3. The Morgan fingerprint density at radius 1 is 1.19 bits per heavy atom. The molecule has 21 heavy (non-hydrogen) atoms. The Morgan fingerprint density at radius 2 is 1.95 bits per heavy atom. The van der Waals surface area contributed by atoms with Gasteiger partial charge < -0.3 is 5.32 Å². The van der Waals surface area contributed by atoms with Crippen molar-refractivity contribution in [3.63, 3.8) is 0 Å². The van der Waals surface area contributed by atoms with E-state index in [2.05, 4.69) is 20.2 Å². The van der Waals surface area contributed by atoms with Crippen LogP contribution in [-0.4, -0.2) is 25.7 Å². The van der Waals surface area contributed by atoms with Gasteiger partial charge in [-0.25, -0.2) is 13.1 Å². The van der Waals surface area contributed by atoms with Crippen molar-refractivity contribution in [1.29, 1.82) is 0 Å². The molecular formula is C14H20N4O2S. The molecule has 0 bridgehead atoms. The number of hydrogen-bond donors (Lipinski definition) is 3. The summed E-state index contributed by atoms with van der Waals surface area (Å²) in [6, 6.07) is 5.15. The van der Waals surface area contributed by atoms with Gasteiger partial charge in [-0.3, -0.25) is 5.10 Å². The largest absolute Gasteiger partial charge is 0.316 e. The maximum Gasteiger partial charge on any atom is 0.240 e. The molecule has 3 N–H and O–H groups in total. The standard InChI is InChI=1S/C14H20N4O2S/c1-10-4-5-14(6-12(10)7-15-3)21(19,20)17-9-13-8-16-18-11(13)2/h4-6,8,15,17H,7,9H2,1-3H3,(H,16,18). The van der Waals surface area contributed by atoms with Gasteiger partial charge in [0.15, 0.2) is 0 Å². The lowest BCUT2D eigenvalue weighted by Gasteiger charge is -2.10. The van der Waals surface area contributed by atoms with Crippen LogP contribution in [0.3, 0.4) is 0 Å². The summed E-state index contributed by atoms with van der Waals surface area (Å²) in [6.45, 7) is 4.68. The molecule has 0 atom stereocenters. The summed E-state index contributed by atoms with van der Waals surface area (Å²) in [5.74, 6) is 0. The number of benzene rings is 1. The van der Waals surface area contributed by atoms with Gasteiger partial charge >= 0.3 is 0 Å². The van der Waals surface area contributed by atoms with E-state index >= 15 is 0 Å². The molecule has 0 spiro atoms. The molecule has 0 unspecified atom stereocenters. The first kappa shape index (κ1) is 15.7. The molecule has 1 aromatic carbocycles. The minimum Gasteiger partial charge on any atom is -0.316 e. The highest BCUT2D eigenvalue weighted by Crippen LogP contribution is 2.16. The highest BCUT2D eigenvalue weighted by atomic mass is 32.2. The van der Waals surface area contributed by atoms with Gasteiger partial charge in [0.2, 0.25) is 10.0 Å². The molecule has 6 nitrogen and oxygen atoms in total. The summed E-state index contributed by atoms with van der Waals surface area (Å²) in [5.41, 5.74) is 3.73. The van der Waals surface area contributed by atoms with Gasteiger partial charge in [0.05, 0.1) is 11.1 Å². The molecule has 0 saturated carbocycles. The van der Waals surface area contributed by atoms with Crippen molar-refractivity contribution >= 4 is 10.0 Å². The van der Waals surface area contributed by atoms with Crippen molar-refractivity contribution < 1.29 is 8.42 Å². The van der Waals surface area contributed by atoms with Crippen LogP contribution in [0.4, 0.5) is 0 Å². The Labute approximate surface area is 125 Å². The average Bonchev–Trinajstić information content (AvgIpc) is 2.85. The zero-order valence-electron chi connectivity index (χ0n) is 12.4. The Bertz CT molecular complexity index is 722. The lowest BCUT2D eigenvalue weighted by Crippen LogP contribution is -2.23. The summed E-state index contributed by atoms with van der Waals surface area (Å²) in [6.07, 6.45) is 1.62. The number of hydrogen-bond acceptors (Lipinski definition) is 4. The van der Waals surface area contributed by atoms with Gasteiger partial charge in [-0.1, -0.05) is 6.07 Å². The SMILES string of the molecule is CNCc1cc(S(=O)(=O)NCc2cn[nH]c2C)ccc1C. The maximum absolute atomic E-state index is 12.3. The normalized spacial score (nSPS) is 11.8. The molecule has 0 saturated heterocycles. The molecule has 2 aromatic rings. The van der Waals surface area contributed by atoms with E-state index in [1.165, 1.54) is 0 Å². The van der Waals surface area contributed by atoms with Crippen molar-refractivity contribution in [3.05, 3.63) is 46.8 Å². The lowest BCUT2D eigenvalue weighted by molar-refractivity contribution is 0.581. The number of aryl methyl sites for hydroxylation is 2. The first-order chi connectivity index (χ1) is 9.94. The minimum absolute atomic E-state index is 0.222. The third-order valence-corrected chi connectivity index (χ3v) is 4.78. The highest BCUT2D eigenvalue weighted by Gasteiger charge is 2.15. The average molecular weight is 308 g/mol. The third-order valence-electron chi connectivity index (χ3n) is 3.39. The number of aromatic amines is 1. The van der Waals surface area contributed by atoms with Crippen LogP contribution in [0, 0.1) is 13.8 Å². The van der Waals surface area contributed by atoms with Crippen LogP contribution in [0.5, 0.6) is 0 Å². The Balaban J connectivity index is 2.19. The lowest BCUT2D eigenvalue weighted by atomic mass is 10.1. The zero-order chi connectivity index (χ0) is 15.5. The summed E-state index contributed by atoms with van der Waals surface area (Å²) in [7, 11) is -1.70. The number of nitrogens with zero attached hydrogens (tertiary/aromatic N) is 1. The van der Waals surface area contributed by atoms with Crippen molar-refractivity contribution in [2.24, 2.45) is 0 Å². The molecule has 0 aliphatic heterocycles. The number of nitrogens with one attached hydrogen (secondary N) is 3. The van der Waals surface area contributed by atoms with E-state index < -0.39 is 10.0 Å². The van der Waals surface area contributed by atoms with E-state index in [1.807, 2.05) is 27.0 Å².